The SMILES string of the molecule is CCN(CC)C[C@H]1CCN(C(=O)O[C@@H]2CC[C@]3(CO3)C([C@@]3(C)O[C@@H]3CC=C(C)C)[C@@H]2OC)C1. The van der Waals surface area contributed by atoms with Gasteiger partial charge < -0.3 is 28.7 Å². The largest absolute Gasteiger partial charge is 0.443 e. The quantitative estimate of drug-likeness (QED) is 0.381. The van der Waals surface area contributed by atoms with Crippen LogP contribution in [0, 0.1) is 11.8 Å². The molecule has 0 aromatic carbocycles. The highest BCUT2D eigenvalue weighted by Gasteiger charge is 2.72. The molecule has 7 atom stereocenters. The van der Waals surface area contributed by atoms with Crippen LogP contribution >= 0.6 is 0 Å². The molecule has 0 radical (unpaired) electrons. The number of hydrogen-bond acceptors (Lipinski definition) is 6. The lowest BCUT2D eigenvalue weighted by Gasteiger charge is -2.43. The molecule has 0 N–H and O–H groups in total. The summed E-state index contributed by atoms with van der Waals surface area (Å²) >= 11 is 0. The minimum atomic E-state index is -0.309. The summed E-state index contributed by atoms with van der Waals surface area (Å²) in [5.74, 6) is 0.582. The van der Waals surface area contributed by atoms with Crippen molar-refractivity contribution in [3.63, 3.8) is 0 Å². The van der Waals surface area contributed by atoms with Gasteiger partial charge in [0.15, 0.2) is 0 Å². The van der Waals surface area contributed by atoms with Gasteiger partial charge in [0.25, 0.3) is 0 Å². The minimum absolute atomic E-state index is 0.0612. The van der Waals surface area contributed by atoms with E-state index in [9.17, 15) is 4.79 Å². The van der Waals surface area contributed by atoms with Crippen molar-refractivity contribution in [2.45, 2.75) is 89.8 Å². The molecule has 4 fully saturated rings. The van der Waals surface area contributed by atoms with Crippen molar-refractivity contribution in [1.29, 1.82) is 0 Å². The minimum Gasteiger partial charge on any atom is -0.443 e. The maximum Gasteiger partial charge on any atom is 0.410 e. The van der Waals surface area contributed by atoms with Gasteiger partial charge in [-0.05, 0) is 65.5 Å². The van der Waals surface area contributed by atoms with Gasteiger partial charge in [-0.15, -0.1) is 0 Å². The third-order valence-electron chi connectivity index (χ3n) is 8.44. The first-order chi connectivity index (χ1) is 15.8. The zero-order valence-electron chi connectivity index (χ0n) is 21.5. The van der Waals surface area contributed by atoms with Crippen molar-refractivity contribution >= 4 is 6.09 Å². The Morgan fingerprint density at radius 1 is 1.24 bits per heavy atom. The van der Waals surface area contributed by atoms with E-state index in [0.717, 1.165) is 65.0 Å². The molecule has 3 aliphatic heterocycles. The number of rotatable bonds is 9. The Kier molecular flexibility index (Phi) is 7.44. The van der Waals surface area contributed by atoms with Crippen molar-refractivity contribution in [2.75, 3.05) is 46.4 Å². The summed E-state index contributed by atoms with van der Waals surface area (Å²) in [6, 6.07) is 0. The van der Waals surface area contributed by atoms with Crippen LogP contribution < -0.4 is 0 Å². The third-order valence-corrected chi connectivity index (χ3v) is 8.44. The zero-order chi connectivity index (χ0) is 23.8. The van der Waals surface area contributed by atoms with Crippen LogP contribution in [0.1, 0.15) is 60.3 Å². The Hall–Kier alpha value is -1.15. The van der Waals surface area contributed by atoms with Crippen LogP contribution in [0.25, 0.3) is 0 Å². The van der Waals surface area contributed by atoms with Crippen molar-refractivity contribution in [2.24, 2.45) is 11.8 Å². The summed E-state index contributed by atoms with van der Waals surface area (Å²) < 4.78 is 24.4. The average Bonchev–Trinajstić information content (AvgIpc) is 3.65. The van der Waals surface area contributed by atoms with Gasteiger partial charge in [-0.3, -0.25) is 0 Å². The summed E-state index contributed by atoms with van der Waals surface area (Å²) in [4.78, 5) is 17.4. The van der Waals surface area contributed by atoms with Gasteiger partial charge >= 0.3 is 6.09 Å². The maximum atomic E-state index is 13.1. The average molecular weight is 465 g/mol. The van der Waals surface area contributed by atoms with E-state index in [1.807, 2.05) is 4.90 Å². The van der Waals surface area contributed by atoms with Crippen LogP contribution in [-0.2, 0) is 18.9 Å². The van der Waals surface area contributed by atoms with Crippen molar-refractivity contribution < 1.29 is 23.7 Å². The van der Waals surface area contributed by atoms with E-state index in [0.29, 0.717) is 5.92 Å². The molecule has 7 nitrogen and oxygen atoms in total. The molecule has 1 amide bonds. The first-order valence-corrected chi connectivity index (χ1v) is 12.9. The Morgan fingerprint density at radius 2 is 1.97 bits per heavy atom. The molecule has 4 rings (SSSR count). The molecule has 0 aromatic heterocycles. The molecular formula is C26H44N2O5. The lowest BCUT2D eigenvalue weighted by molar-refractivity contribution is -0.121. The molecule has 1 spiro atoms. The van der Waals surface area contributed by atoms with Crippen LogP contribution in [0.2, 0.25) is 0 Å². The lowest BCUT2D eigenvalue weighted by atomic mass is 9.68. The van der Waals surface area contributed by atoms with E-state index in [4.69, 9.17) is 18.9 Å². The maximum absolute atomic E-state index is 13.1. The summed E-state index contributed by atoms with van der Waals surface area (Å²) in [5, 5.41) is 0. The molecule has 3 saturated heterocycles. The molecular weight excluding hydrogens is 420 g/mol. The van der Waals surface area contributed by atoms with Gasteiger partial charge in [0.1, 0.15) is 23.4 Å². The van der Waals surface area contributed by atoms with Crippen LogP contribution in [-0.4, -0.2) is 91.8 Å². The summed E-state index contributed by atoms with van der Waals surface area (Å²) in [5.41, 5.74) is 0.797. The molecule has 0 bridgehead atoms. The van der Waals surface area contributed by atoms with E-state index in [1.54, 1.807) is 7.11 Å². The van der Waals surface area contributed by atoms with Gasteiger partial charge in [-0.2, -0.15) is 0 Å². The normalized spacial score (nSPS) is 39.7. The van der Waals surface area contributed by atoms with Crippen LogP contribution in [0.3, 0.4) is 0 Å². The summed E-state index contributed by atoms with van der Waals surface area (Å²) in [6.07, 6.45) is 5.30. The van der Waals surface area contributed by atoms with Crippen LogP contribution in [0.4, 0.5) is 4.79 Å². The predicted molar refractivity (Wildman–Crippen MR) is 127 cm³/mol. The number of allylic oxidation sites excluding steroid dienone is 1. The van der Waals surface area contributed by atoms with E-state index < -0.39 is 0 Å². The molecule has 3 heterocycles. The number of hydrogen-bond donors (Lipinski definition) is 0. The van der Waals surface area contributed by atoms with E-state index >= 15 is 0 Å². The third kappa shape index (κ3) is 5.12. The fraction of sp³-hybridized carbons (Fsp3) is 0.885. The molecule has 4 aliphatic rings. The molecule has 0 aromatic rings. The smallest absolute Gasteiger partial charge is 0.410 e. The number of ether oxygens (including phenoxy) is 4. The number of carbonyl (C=O) groups excluding carboxylic acids is 1. The van der Waals surface area contributed by atoms with E-state index in [-0.39, 0.29) is 41.5 Å². The van der Waals surface area contributed by atoms with Crippen LogP contribution in [0.5, 0.6) is 0 Å². The monoisotopic (exact) mass is 464 g/mol. The Balaban J connectivity index is 1.39. The fourth-order valence-electron chi connectivity index (χ4n) is 6.27. The first-order valence-electron chi connectivity index (χ1n) is 12.9. The predicted octanol–water partition coefficient (Wildman–Crippen LogP) is 3.86. The lowest BCUT2D eigenvalue weighted by Crippen LogP contribution is -2.56. The zero-order valence-corrected chi connectivity index (χ0v) is 21.5. The fourth-order valence-corrected chi connectivity index (χ4v) is 6.27. The van der Waals surface area contributed by atoms with Crippen molar-refractivity contribution in [3.8, 4) is 0 Å². The topological polar surface area (TPSA) is 67.1 Å². The second kappa shape index (κ2) is 9.84. The molecule has 1 unspecified atom stereocenters. The number of epoxide rings is 2. The second-order valence-corrected chi connectivity index (χ2v) is 10.9. The molecule has 188 valence electrons. The molecule has 1 aliphatic carbocycles. The van der Waals surface area contributed by atoms with Gasteiger partial charge in [0.05, 0.1) is 18.6 Å². The van der Waals surface area contributed by atoms with Gasteiger partial charge in [-0.25, -0.2) is 4.79 Å². The number of carbonyl (C=O) groups is 1. The van der Waals surface area contributed by atoms with Gasteiger partial charge in [0.2, 0.25) is 0 Å². The van der Waals surface area contributed by atoms with Crippen molar-refractivity contribution in [1.82, 2.24) is 9.80 Å². The molecule has 1 saturated carbocycles. The van der Waals surface area contributed by atoms with Crippen molar-refractivity contribution in [3.05, 3.63) is 11.6 Å². The Labute approximate surface area is 199 Å². The number of amides is 1. The molecule has 7 heteroatoms. The van der Waals surface area contributed by atoms with E-state index in [1.165, 1.54) is 5.57 Å². The second-order valence-electron chi connectivity index (χ2n) is 10.9. The number of methoxy groups -OCH3 is 1. The number of likely N-dealkylation sites (tertiary alicyclic amines) is 1. The standard InChI is InChI=1S/C26H44N2O5/c1-7-27(8-2)15-19-12-14-28(16-19)24(29)32-20-11-13-26(17-31-26)23(22(20)30-6)25(5)21(33-25)10-9-18(3)4/h9,19-23H,7-8,10-17H2,1-6H3/t19-,20-,21-,22-,23?,25+,26+/m1/s1. The highest BCUT2D eigenvalue weighted by atomic mass is 16.6. The van der Waals surface area contributed by atoms with Crippen LogP contribution in [0.15, 0.2) is 11.6 Å². The molecule has 33 heavy (non-hydrogen) atoms. The summed E-state index contributed by atoms with van der Waals surface area (Å²) in [7, 11) is 1.73. The number of nitrogens with zero attached hydrogens (tertiary/aromatic N) is 2. The van der Waals surface area contributed by atoms with Gasteiger partial charge in [-0.1, -0.05) is 25.5 Å². The Bertz CT molecular complexity index is 730. The van der Waals surface area contributed by atoms with Gasteiger partial charge in [0, 0.05) is 26.7 Å². The highest BCUT2D eigenvalue weighted by Crippen LogP contribution is 2.59. The Morgan fingerprint density at radius 3 is 2.58 bits per heavy atom. The van der Waals surface area contributed by atoms with E-state index in [2.05, 4.69) is 45.6 Å². The highest BCUT2D eigenvalue weighted by molar-refractivity contribution is 5.68. The first kappa shape index (κ1) is 25.0. The summed E-state index contributed by atoms with van der Waals surface area (Å²) in [6.45, 7) is 16.2.